The van der Waals surface area contributed by atoms with Crippen LogP contribution >= 0.6 is 11.3 Å². The van der Waals surface area contributed by atoms with Crippen LogP contribution in [0.5, 0.6) is 0 Å². The first-order valence-electron chi connectivity index (χ1n) is 7.69. The lowest BCUT2D eigenvalue weighted by molar-refractivity contribution is 0.177. The molecule has 0 atom stereocenters. The van der Waals surface area contributed by atoms with Gasteiger partial charge in [0.05, 0.1) is 0 Å². The van der Waals surface area contributed by atoms with Gasteiger partial charge in [-0.25, -0.2) is 0 Å². The molecule has 0 aliphatic rings. The van der Waals surface area contributed by atoms with Crippen molar-refractivity contribution in [3.8, 4) is 0 Å². The van der Waals surface area contributed by atoms with Gasteiger partial charge in [-0.3, -0.25) is 4.90 Å². The largest absolute Gasteiger partial charge is 0.330 e. The number of rotatable bonds is 7. The van der Waals surface area contributed by atoms with Gasteiger partial charge in [0, 0.05) is 22.8 Å². The highest BCUT2D eigenvalue weighted by Crippen LogP contribution is 2.30. The molecule has 0 aromatic carbocycles. The molecule has 0 fully saturated rings. The Hall–Kier alpha value is -0.380. The number of hydrogen-bond acceptors (Lipinski definition) is 3. The molecule has 0 aliphatic carbocycles. The van der Waals surface area contributed by atoms with Crippen molar-refractivity contribution >= 4 is 11.3 Å². The minimum atomic E-state index is 0.194. The standard InChI is InChI=1S/C17H32N2S/c1-7-10-19(13-17(5,6)12-18)11-14-8-9-15(20-14)16(2,3)4/h8-9H,7,10-13,18H2,1-6H3. The average molecular weight is 297 g/mol. The zero-order valence-corrected chi connectivity index (χ0v) is 14.9. The number of thiophene rings is 1. The molecule has 20 heavy (non-hydrogen) atoms. The minimum Gasteiger partial charge on any atom is -0.330 e. The van der Waals surface area contributed by atoms with Crippen molar-refractivity contribution in [1.29, 1.82) is 0 Å². The molecule has 0 amide bonds. The van der Waals surface area contributed by atoms with Crippen LogP contribution in [0.25, 0.3) is 0 Å². The topological polar surface area (TPSA) is 29.3 Å². The summed E-state index contributed by atoms with van der Waals surface area (Å²) in [6.07, 6.45) is 1.19. The molecule has 2 N–H and O–H groups in total. The van der Waals surface area contributed by atoms with Crippen LogP contribution in [0.15, 0.2) is 12.1 Å². The van der Waals surface area contributed by atoms with E-state index in [1.165, 1.54) is 16.2 Å². The van der Waals surface area contributed by atoms with Crippen LogP contribution in [0.1, 0.15) is 57.7 Å². The molecule has 0 saturated carbocycles. The van der Waals surface area contributed by atoms with E-state index >= 15 is 0 Å². The molecule has 0 saturated heterocycles. The second kappa shape index (κ2) is 7.06. The lowest BCUT2D eigenvalue weighted by atomic mass is 9.93. The highest BCUT2D eigenvalue weighted by molar-refractivity contribution is 7.12. The van der Waals surface area contributed by atoms with E-state index in [1.807, 2.05) is 11.3 Å². The van der Waals surface area contributed by atoms with Gasteiger partial charge in [0.1, 0.15) is 0 Å². The van der Waals surface area contributed by atoms with Crippen molar-refractivity contribution < 1.29 is 0 Å². The molecule has 1 aromatic rings. The Balaban J connectivity index is 2.73. The Kier molecular flexibility index (Phi) is 6.24. The predicted octanol–water partition coefficient (Wildman–Crippen LogP) is 4.24. The summed E-state index contributed by atoms with van der Waals surface area (Å²) in [7, 11) is 0. The second-order valence-electron chi connectivity index (χ2n) is 7.59. The fourth-order valence-electron chi connectivity index (χ4n) is 2.29. The normalized spacial score (nSPS) is 13.2. The molecule has 0 aliphatic heterocycles. The molecule has 1 rings (SSSR count). The summed E-state index contributed by atoms with van der Waals surface area (Å²) in [5.74, 6) is 0. The number of hydrogen-bond donors (Lipinski definition) is 1. The van der Waals surface area contributed by atoms with E-state index in [-0.39, 0.29) is 10.8 Å². The SMILES string of the molecule is CCCN(Cc1ccc(C(C)(C)C)s1)CC(C)(C)CN. The Morgan fingerprint density at radius 2 is 1.80 bits per heavy atom. The van der Waals surface area contributed by atoms with E-state index in [4.69, 9.17) is 5.73 Å². The lowest BCUT2D eigenvalue weighted by Gasteiger charge is -2.31. The maximum atomic E-state index is 5.88. The third-order valence-electron chi connectivity index (χ3n) is 3.52. The summed E-state index contributed by atoms with van der Waals surface area (Å²) >= 11 is 1.95. The molecule has 2 nitrogen and oxygen atoms in total. The summed E-state index contributed by atoms with van der Waals surface area (Å²) < 4.78 is 0. The molecule has 3 heteroatoms. The summed E-state index contributed by atoms with van der Waals surface area (Å²) in [4.78, 5) is 5.49. The van der Waals surface area contributed by atoms with Crippen molar-refractivity contribution in [1.82, 2.24) is 4.90 Å². The quantitative estimate of drug-likeness (QED) is 0.815. The van der Waals surface area contributed by atoms with E-state index in [0.717, 1.165) is 26.2 Å². The lowest BCUT2D eigenvalue weighted by Crippen LogP contribution is -2.38. The maximum Gasteiger partial charge on any atom is 0.0328 e. The molecule has 0 bridgehead atoms. The van der Waals surface area contributed by atoms with Crippen molar-refractivity contribution in [2.45, 2.75) is 59.9 Å². The highest BCUT2D eigenvalue weighted by atomic mass is 32.1. The van der Waals surface area contributed by atoms with E-state index in [0.29, 0.717) is 0 Å². The molecular formula is C17H32N2S. The molecule has 0 spiro atoms. The number of nitrogens with zero attached hydrogens (tertiary/aromatic N) is 1. The minimum absolute atomic E-state index is 0.194. The van der Waals surface area contributed by atoms with Gasteiger partial charge >= 0.3 is 0 Å². The van der Waals surface area contributed by atoms with Crippen LogP contribution in [0.3, 0.4) is 0 Å². The van der Waals surface area contributed by atoms with Crippen LogP contribution in [0.4, 0.5) is 0 Å². The Labute approximate surface area is 129 Å². The van der Waals surface area contributed by atoms with E-state index in [2.05, 4.69) is 58.6 Å². The van der Waals surface area contributed by atoms with Crippen molar-refractivity contribution in [2.75, 3.05) is 19.6 Å². The molecule has 0 radical (unpaired) electrons. The Morgan fingerprint density at radius 1 is 1.15 bits per heavy atom. The van der Waals surface area contributed by atoms with E-state index < -0.39 is 0 Å². The van der Waals surface area contributed by atoms with Crippen LogP contribution in [0.2, 0.25) is 0 Å². The Morgan fingerprint density at radius 3 is 2.25 bits per heavy atom. The van der Waals surface area contributed by atoms with Gasteiger partial charge in [-0.15, -0.1) is 11.3 Å². The summed E-state index contributed by atoms with van der Waals surface area (Å²) in [6.45, 7) is 17.6. The van der Waals surface area contributed by atoms with Gasteiger partial charge in [-0.2, -0.15) is 0 Å². The van der Waals surface area contributed by atoms with Gasteiger partial charge in [0.15, 0.2) is 0 Å². The first-order chi connectivity index (χ1) is 9.18. The van der Waals surface area contributed by atoms with Gasteiger partial charge < -0.3 is 5.73 Å². The average Bonchev–Trinajstić information content (AvgIpc) is 2.77. The van der Waals surface area contributed by atoms with Crippen molar-refractivity contribution in [3.05, 3.63) is 21.9 Å². The van der Waals surface area contributed by atoms with Crippen LogP contribution in [-0.2, 0) is 12.0 Å². The van der Waals surface area contributed by atoms with Crippen molar-refractivity contribution in [3.63, 3.8) is 0 Å². The van der Waals surface area contributed by atoms with Gasteiger partial charge in [-0.05, 0) is 42.5 Å². The Bertz CT molecular complexity index is 401. The van der Waals surface area contributed by atoms with Crippen molar-refractivity contribution in [2.24, 2.45) is 11.1 Å². The summed E-state index contributed by atoms with van der Waals surface area (Å²) in [5.41, 5.74) is 6.33. The van der Waals surface area contributed by atoms with Crippen LogP contribution in [0, 0.1) is 5.41 Å². The molecule has 116 valence electrons. The van der Waals surface area contributed by atoms with Gasteiger partial charge in [0.2, 0.25) is 0 Å². The van der Waals surface area contributed by atoms with Crippen LogP contribution < -0.4 is 5.73 Å². The summed E-state index contributed by atoms with van der Waals surface area (Å²) in [6, 6.07) is 4.58. The monoisotopic (exact) mass is 296 g/mol. The first kappa shape index (κ1) is 17.7. The predicted molar refractivity (Wildman–Crippen MR) is 91.4 cm³/mol. The van der Waals surface area contributed by atoms with Gasteiger partial charge in [-0.1, -0.05) is 41.5 Å². The van der Waals surface area contributed by atoms with E-state index in [1.54, 1.807) is 0 Å². The smallest absolute Gasteiger partial charge is 0.0328 e. The van der Waals surface area contributed by atoms with Gasteiger partial charge in [0.25, 0.3) is 0 Å². The third-order valence-corrected chi connectivity index (χ3v) is 5.02. The molecule has 0 unspecified atom stereocenters. The number of nitrogens with two attached hydrogens (primary N) is 1. The first-order valence-corrected chi connectivity index (χ1v) is 8.51. The van der Waals surface area contributed by atoms with Crippen LogP contribution in [-0.4, -0.2) is 24.5 Å². The molecule has 1 heterocycles. The molecular weight excluding hydrogens is 264 g/mol. The highest BCUT2D eigenvalue weighted by Gasteiger charge is 2.21. The maximum absolute atomic E-state index is 5.88. The zero-order chi connectivity index (χ0) is 15.4. The second-order valence-corrected chi connectivity index (χ2v) is 8.76. The third kappa shape index (κ3) is 5.55. The van der Waals surface area contributed by atoms with E-state index in [9.17, 15) is 0 Å². The fourth-order valence-corrected chi connectivity index (χ4v) is 3.39. The summed E-state index contributed by atoms with van der Waals surface area (Å²) in [5, 5.41) is 0. The fraction of sp³-hybridized carbons (Fsp3) is 0.765. The molecule has 1 aromatic heterocycles. The zero-order valence-electron chi connectivity index (χ0n) is 14.1.